The first-order chi connectivity index (χ1) is 4.87. The molecule has 2 aliphatic carbocycles. The highest BCUT2D eigenvalue weighted by Gasteiger charge is 2.50. The molecule has 0 saturated heterocycles. The van der Waals surface area contributed by atoms with Gasteiger partial charge in [-0.15, -0.1) is 0 Å². The van der Waals surface area contributed by atoms with Gasteiger partial charge in [0.25, 0.3) is 0 Å². The van der Waals surface area contributed by atoms with Gasteiger partial charge in [-0.3, -0.25) is 4.79 Å². The van der Waals surface area contributed by atoms with Crippen LogP contribution in [0.3, 0.4) is 0 Å². The summed E-state index contributed by atoms with van der Waals surface area (Å²) in [6.07, 6.45) is 9.75. The van der Waals surface area contributed by atoms with Crippen LogP contribution in [-0.4, -0.2) is 6.29 Å². The van der Waals surface area contributed by atoms with Crippen LogP contribution in [0.25, 0.3) is 0 Å². The number of hydrogen-bond acceptors (Lipinski definition) is 1. The van der Waals surface area contributed by atoms with E-state index in [9.17, 15) is 4.79 Å². The summed E-state index contributed by atoms with van der Waals surface area (Å²) in [4.78, 5) is 10.6. The molecule has 55 valence electrons. The summed E-state index contributed by atoms with van der Waals surface area (Å²) < 4.78 is 0. The maximum absolute atomic E-state index is 10.6. The SMILES string of the molecule is O=[C]C1(C2CCCC2)CC1. The second-order valence-corrected chi connectivity index (χ2v) is 3.74. The summed E-state index contributed by atoms with van der Waals surface area (Å²) in [6.45, 7) is 0. The standard InChI is InChI=1S/C9H13O/c10-7-9(5-6-9)8-3-1-2-4-8/h8H,1-6H2. The zero-order valence-corrected chi connectivity index (χ0v) is 6.23. The first-order valence-electron chi connectivity index (χ1n) is 4.27. The molecule has 2 rings (SSSR count). The highest BCUT2D eigenvalue weighted by molar-refractivity contribution is 5.65. The number of carbonyl (C=O) groups excluding carboxylic acids is 1. The van der Waals surface area contributed by atoms with Crippen LogP contribution < -0.4 is 0 Å². The lowest BCUT2D eigenvalue weighted by molar-refractivity contribution is 0.386. The average Bonchev–Trinajstić information content (AvgIpc) is 2.58. The van der Waals surface area contributed by atoms with Gasteiger partial charge in [0.1, 0.15) is 0 Å². The molecule has 0 atom stereocenters. The Bertz CT molecular complexity index is 141. The molecular formula is C9H13O. The zero-order chi connectivity index (χ0) is 7.03. The van der Waals surface area contributed by atoms with Gasteiger partial charge in [-0.25, -0.2) is 0 Å². The monoisotopic (exact) mass is 137 g/mol. The van der Waals surface area contributed by atoms with Crippen LogP contribution in [0.1, 0.15) is 38.5 Å². The molecule has 0 bridgehead atoms. The summed E-state index contributed by atoms with van der Waals surface area (Å²) in [5, 5.41) is 0. The smallest absolute Gasteiger partial charge is 0.205 e. The van der Waals surface area contributed by atoms with Crippen LogP contribution in [0.2, 0.25) is 0 Å². The molecule has 2 saturated carbocycles. The van der Waals surface area contributed by atoms with Crippen molar-refractivity contribution in [2.24, 2.45) is 11.3 Å². The zero-order valence-electron chi connectivity index (χ0n) is 6.23. The highest BCUT2D eigenvalue weighted by atomic mass is 16.1. The van der Waals surface area contributed by atoms with Crippen molar-refractivity contribution < 1.29 is 4.79 Å². The van der Waals surface area contributed by atoms with E-state index in [4.69, 9.17) is 0 Å². The quantitative estimate of drug-likeness (QED) is 0.569. The van der Waals surface area contributed by atoms with Crippen LogP contribution in [0.15, 0.2) is 0 Å². The molecule has 0 unspecified atom stereocenters. The van der Waals surface area contributed by atoms with Gasteiger partial charge in [0.15, 0.2) is 0 Å². The van der Waals surface area contributed by atoms with Crippen molar-refractivity contribution in [1.82, 2.24) is 0 Å². The Labute approximate surface area is 61.8 Å². The van der Waals surface area contributed by atoms with Gasteiger partial charge in [0, 0.05) is 5.41 Å². The molecule has 0 spiro atoms. The molecule has 0 aromatic carbocycles. The van der Waals surface area contributed by atoms with Crippen LogP contribution in [0.4, 0.5) is 0 Å². The van der Waals surface area contributed by atoms with Crippen molar-refractivity contribution in [3.8, 4) is 0 Å². The van der Waals surface area contributed by atoms with Crippen molar-refractivity contribution in [2.45, 2.75) is 38.5 Å². The second kappa shape index (κ2) is 2.08. The van der Waals surface area contributed by atoms with E-state index in [1.54, 1.807) is 0 Å². The van der Waals surface area contributed by atoms with Crippen LogP contribution in [0, 0.1) is 11.3 Å². The van der Waals surface area contributed by atoms with Gasteiger partial charge in [-0.05, 0) is 31.6 Å². The van der Waals surface area contributed by atoms with Gasteiger partial charge in [-0.1, -0.05) is 12.8 Å². The first-order valence-corrected chi connectivity index (χ1v) is 4.27. The Morgan fingerprint density at radius 3 is 2.20 bits per heavy atom. The highest BCUT2D eigenvalue weighted by Crippen LogP contribution is 2.55. The normalized spacial score (nSPS) is 30.4. The molecule has 2 aliphatic rings. The van der Waals surface area contributed by atoms with Crippen molar-refractivity contribution in [3.63, 3.8) is 0 Å². The Morgan fingerprint density at radius 2 is 1.80 bits per heavy atom. The predicted molar refractivity (Wildman–Crippen MR) is 39.3 cm³/mol. The van der Waals surface area contributed by atoms with Crippen molar-refractivity contribution in [2.75, 3.05) is 0 Å². The van der Waals surface area contributed by atoms with Crippen molar-refractivity contribution in [1.29, 1.82) is 0 Å². The molecule has 0 N–H and O–H groups in total. The molecule has 1 heteroatoms. The molecule has 0 aromatic rings. The lowest BCUT2D eigenvalue weighted by Crippen LogP contribution is -2.13. The average molecular weight is 137 g/mol. The molecule has 1 radical (unpaired) electrons. The van der Waals surface area contributed by atoms with E-state index in [0.29, 0.717) is 5.92 Å². The summed E-state index contributed by atoms with van der Waals surface area (Å²) in [5.41, 5.74) is 0.0660. The van der Waals surface area contributed by atoms with E-state index in [0.717, 1.165) is 12.8 Å². The Balaban J connectivity index is 2.03. The van der Waals surface area contributed by atoms with Gasteiger partial charge in [-0.2, -0.15) is 0 Å². The van der Waals surface area contributed by atoms with Crippen LogP contribution in [0.5, 0.6) is 0 Å². The second-order valence-electron chi connectivity index (χ2n) is 3.74. The summed E-state index contributed by atoms with van der Waals surface area (Å²) >= 11 is 0. The largest absolute Gasteiger partial charge is 0.290 e. The third kappa shape index (κ3) is 0.799. The van der Waals surface area contributed by atoms with Crippen molar-refractivity contribution in [3.05, 3.63) is 0 Å². The molecule has 0 heterocycles. The molecule has 0 amide bonds. The fourth-order valence-electron chi connectivity index (χ4n) is 2.21. The summed E-state index contributed by atoms with van der Waals surface area (Å²) in [7, 11) is 0. The fourth-order valence-corrected chi connectivity index (χ4v) is 2.21. The third-order valence-electron chi connectivity index (χ3n) is 3.13. The van der Waals surface area contributed by atoms with E-state index in [1.807, 2.05) is 0 Å². The van der Waals surface area contributed by atoms with Crippen LogP contribution >= 0.6 is 0 Å². The van der Waals surface area contributed by atoms with Gasteiger partial charge in [0.2, 0.25) is 6.29 Å². The maximum Gasteiger partial charge on any atom is 0.205 e. The first kappa shape index (κ1) is 6.38. The molecule has 0 aliphatic heterocycles. The molecule has 10 heavy (non-hydrogen) atoms. The molecule has 0 aromatic heterocycles. The number of hydrogen-bond donors (Lipinski definition) is 0. The van der Waals surface area contributed by atoms with Gasteiger partial charge >= 0.3 is 0 Å². The Morgan fingerprint density at radius 1 is 1.20 bits per heavy atom. The van der Waals surface area contributed by atoms with E-state index in [1.165, 1.54) is 25.7 Å². The van der Waals surface area contributed by atoms with E-state index in [2.05, 4.69) is 6.29 Å². The minimum absolute atomic E-state index is 0.0660. The van der Waals surface area contributed by atoms with Crippen molar-refractivity contribution >= 4 is 6.29 Å². The maximum atomic E-state index is 10.6. The Kier molecular flexibility index (Phi) is 1.33. The fraction of sp³-hybridized carbons (Fsp3) is 0.889. The summed E-state index contributed by atoms with van der Waals surface area (Å²) in [5.74, 6) is 0.713. The van der Waals surface area contributed by atoms with E-state index in [-0.39, 0.29) is 5.41 Å². The number of rotatable bonds is 2. The van der Waals surface area contributed by atoms with E-state index < -0.39 is 0 Å². The van der Waals surface area contributed by atoms with Crippen LogP contribution in [-0.2, 0) is 4.79 Å². The molecular weight excluding hydrogens is 124 g/mol. The van der Waals surface area contributed by atoms with E-state index >= 15 is 0 Å². The molecule has 1 nitrogen and oxygen atoms in total. The lowest BCUT2D eigenvalue weighted by atomic mass is 9.89. The minimum Gasteiger partial charge on any atom is -0.290 e. The lowest BCUT2D eigenvalue weighted by Gasteiger charge is -2.13. The van der Waals surface area contributed by atoms with Gasteiger partial charge < -0.3 is 0 Å². The summed E-state index contributed by atoms with van der Waals surface area (Å²) in [6, 6.07) is 0. The third-order valence-corrected chi connectivity index (χ3v) is 3.13. The minimum atomic E-state index is 0.0660. The topological polar surface area (TPSA) is 17.1 Å². The Hall–Kier alpha value is -0.330. The van der Waals surface area contributed by atoms with Gasteiger partial charge in [0.05, 0.1) is 0 Å². The molecule has 2 fully saturated rings. The predicted octanol–water partition coefficient (Wildman–Crippen LogP) is 2.07.